The number of aromatic nitrogens is 3. The molecular weight excluding hydrogens is 536 g/mol. The van der Waals surface area contributed by atoms with Crippen molar-refractivity contribution in [3.05, 3.63) is 77.9 Å². The number of ether oxygens (including phenoxy) is 2. The topological polar surface area (TPSA) is 95.3 Å². The van der Waals surface area contributed by atoms with Gasteiger partial charge in [0.25, 0.3) is 0 Å². The number of sulfone groups is 1. The number of hydrogen-bond acceptors (Lipinski definition) is 7. The number of rotatable bonds is 10. The van der Waals surface area contributed by atoms with E-state index in [4.69, 9.17) is 14.5 Å². The van der Waals surface area contributed by atoms with E-state index in [2.05, 4.69) is 35.6 Å². The van der Waals surface area contributed by atoms with Crippen LogP contribution in [0.25, 0.3) is 11.0 Å². The molecule has 4 aromatic rings. The number of imidazole rings is 1. The van der Waals surface area contributed by atoms with E-state index < -0.39 is 9.84 Å². The fourth-order valence-corrected chi connectivity index (χ4v) is 6.63. The van der Waals surface area contributed by atoms with Gasteiger partial charge < -0.3 is 19.4 Å². The number of nitrogens with one attached hydrogen (secondary N) is 1. The molecule has 2 aromatic heterocycles. The highest BCUT2D eigenvalue weighted by molar-refractivity contribution is 7.91. The summed E-state index contributed by atoms with van der Waals surface area (Å²) < 4.78 is 40.4. The van der Waals surface area contributed by atoms with Crippen LogP contribution in [0.5, 0.6) is 5.75 Å². The third-order valence-electron chi connectivity index (χ3n) is 7.63. The third-order valence-corrected chi connectivity index (χ3v) is 9.38. The molecule has 0 radical (unpaired) electrons. The zero-order valence-corrected chi connectivity index (χ0v) is 25.2. The van der Waals surface area contributed by atoms with Gasteiger partial charge in [-0.15, -0.1) is 0 Å². The van der Waals surface area contributed by atoms with Gasteiger partial charge in [-0.25, -0.2) is 13.4 Å². The maximum absolute atomic E-state index is 13.7. The first kappa shape index (κ1) is 29.2. The molecule has 0 amide bonds. The summed E-state index contributed by atoms with van der Waals surface area (Å²) in [6.07, 6.45) is 4.24. The zero-order chi connectivity index (χ0) is 29.0. The molecule has 218 valence electrons. The maximum Gasteiger partial charge on any atom is 0.206 e. The van der Waals surface area contributed by atoms with Crippen molar-refractivity contribution >= 4 is 20.9 Å². The summed E-state index contributed by atoms with van der Waals surface area (Å²) >= 11 is 0. The molecule has 5 rings (SSSR count). The van der Waals surface area contributed by atoms with Crippen LogP contribution in [0.15, 0.2) is 70.6 Å². The predicted molar refractivity (Wildman–Crippen MR) is 160 cm³/mol. The lowest BCUT2D eigenvalue weighted by molar-refractivity contribution is 0.0611. The van der Waals surface area contributed by atoms with Gasteiger partial charge in [0.15, 0.2) is 0 Å². The van der Waals surface area contributed by atoms with Gasteiger partial charge in [-0.2, -0.15) is 0 Å². The molecule has 1 fully saturated rings. The second kappa shape index (κ2) is 12.3. The number of methoxy groups -OCH3 is 1. The van der Waals surface area contributed by atoms with E-state index in [1.807, 2.05) is 30.3 Å². The van der Waals surface area contributed by atoms with Crippen molar-refractivity contribution in [1.82, 2.24) is 19.9 Å². The molecule has 1 aliphatic heterocycles. The molecular formula is C32H40N4O4S. The van der Waals surface area contributed by atoms with Crippen molar-refractivity contribution in [3.63, 3.8) is 0 Å². The number of benzene rings is 2. The standard InChI is InChI=1S/C32H40N4O4S/c1-32(2,3)31-35-29-20-27(9-10-30(29)36(31)22-24-13-17-40-18-14-24)41(37,38)28-12-16-34-25(19-28)11-15-33-21-23-5-7-26(39-4)8-6-23/h5-10,12,16,19-20,24,33H,11,13-15,17-18,21-22H2,1-4H3. The van der Waals surface area contributed by atoms with Gasteiger partial charge in [0, 0.05) is 56.6 Å². The Balaban J connectivity index is 1.32. The zero-order valence-electron chi connectivity index (χ0n) is 24.4. The predicted octanol–water partition coefficient (Wildman–Crippen LogP) is 5.33. The first-order chi connectivity index (χ1) is 19.6. The second-order valence-corrected chi connectivity index (χ2v) is 13.7. The van der Waals surface area contributed by atoms with E-state index in [0.717, 1.165) is 60.9 Å². The van der Waals surface area contributed by atoms with E-state index in [0.29, 0.717) is 30.9 Å². The monoisotopic (exact) mass is 576 g/mol. The molecule has 0 bridgehead atoms. The smallest absolute Gasteiger partial charge is 0.206 e. The van der Waals surface area contributed by atoms with E-state index in [1.54, 1.807) is 37.6 Å². The number of hydrogen-bond donors (Lipinski definition) is 1. The minimum atomic E-state index is -3.74. The van der Waals surface area contributed by atoms with E-state index in [1.165, 1.54) is 0 Å². The minimum absolute atomic E-state index is 0.176. The SMILES string of the molecule is COc1ccc(CNCCc2cc(S(=O)(=O)c3ccc4c(c3)nc(C(C)(C)C)n4CC3CCOCC3)ccn2)cc1. The molecule has 2 aromatic carbocycles. The molecule has 1 aliphatic rings. The Labute approximate surface area is 243 Å². The Hall–Kier alpha value is -3.27. The van der Waals surface area contributed by atoms with E-state index >= 15 is 0 Å². The summed E-state index contributed by atoms with van der Waals surface area (Å²) in [6.45, 7) is 10.3. The fourth-order valence-electron chi connectivity index (χ4n) is 5.31. The summed E-state index contributed by atoms with van der Waals surface area (Å²) in [5.74, 6) is 2.32. The molecule has 1 N–H and O–H groups in total. The van der Waals surface area contributed by atoms with Crippen molar-refractivity contribution in [3.8, 4) is 5.75 Å². The number of pyridine rings is 1. The summed E-state index contributed by atoms with van der Waals surface area (Å²) in [4.78, 5) is 9.87. The average molecular weight is 577 g/mol. The van der Waals surface area contributed by atoms with Crippen LogP contribution >= 0.6 is 0 Å². The Morgan fingerprint density at radius 1 is 1.02 bits per heavy atom. The summed E-state index contributed by atoms with van der Waals surface area (Å²) in [5.41, 5.74) is 3.38. The van der Waals surface area contributed by atoms with Crippen LogP contribution in [0.4, 0.5) is 0 Å². The first-order valence-electron chi connectivity index (χ1n) is 14.3. The number of nitrogens with zero attached hydrogens (tertiary/aromatic N) is 3. The third kappa shape index (κ3) is 6.80. The highest BCUT2D eigenvalue weighted by Crippen LogP contribution is 2.31. The molecule has 1 saturated heterocycles. The van der Waals surface area contributed by atoms with Gasteiger partial charge >= 0.3 is 0 Å². The van der Waals surface area contributed by atoms with Crippen LogP contribution in [0.3, 0.4) is 0 Å². The second-order valence-electron chi connectivity index (χ2n) is 11.8. The normalized spacial score (nSPS) is 14.9. The molecule has 3 heterocycles. The van der Waals surface area contributed by atoms with Gasteiger partial charge in [0.2, 0.25) is 9.84 Å². The van der Waals surface area contributed by atoms with Gasteiger partial charge in [-0.1, -0.05) is 32.9 Å². The van der Waals surface area contributed by atoms with Crippen LogP contribution in [0.1, 0.15) is 50.7 Å². The molecule has 9 heteroatoms. The summed E-state index contributed by atoms with van der Waals surface area (Å²) in [7, 11) is -2.09. The lowest BCUT2D eigenvalue weighted by Crippen LogP contribution is -2.25. The molecule has 0 saturated carbocycles. The largest absolute Gasteiger partial charge is 0.497 e. The van der Waals surface area contributed by atoms with E-state index in [-0.39, 0.29) is 15.2 Å². The van der Waals surface area contributed by atoms with Gasteiger partial charge in [-0.3, -0.25) is 4.98 Å². The van der Waals surface area contributed by atoms with Crippen LogP contribution in [0, 0.1) is 5.92 Å². The highest BCUT2D eigenvalue weighted by Gasteiger charge is 2.27. The van der Waals surface area contributed by atoms with Crippen LogP contribution < -0.4 is 10.1 Å². The lowest BCUT2D eigenvalue weighted by atomic mass is 9.94. The van der Waals surface area contributed by atoms with Crippen LogP contribution in [-0.4, -0.2) is 49.8 Å². The van der Waals surface area contributed by atoms with Crippen molar-refractivity contribution in [2.24, 2.45) is 5.92 Å². The summed E-state index contributed by atoms with van der Waals surface area (Å²) in [6, 6.07) is 16.5. The Morgan fingerprint density at radius 3 is 2.46 bits per heavy atom. The first-order valence-corrected chi connectivity index (χ1v) is 15.8. The van der Waals surface area contributed by atoms with Crippen LogP contribution in [0.2, 0.25) is 0 Å². The summed E-state index contributed by atoms with van der Waals surface area (Å²) in [5, 5.41) is 3.40. The van der Waals surface area contributed by atoms with Gasteiger partial charge in [0.05, 0.1) is 27.9 Å². The average Bonchev–Trinajstić information content (AvgIpc) is 3.34. The Morgan fingerprint density at radius 2 is 1.76 bits per heavy atom. The van der Waals surface area contributed by atoms with Crippen LogP contribution in [-0.2, 0) is 39.5 Å². The van der Waals surface area contributed by atoms with Crippen molar-refractivity contribution < 1.29 is 17.9 Å². The van der Waals surface area contributed by atoms with E-state index in [9.17, 15) is 8.42 Å². The van der Waals surface area contributed by atoms with Crippen molar-refractivity contribution in [2.75, 3.05) is 26.9 Å². The van der Waals surface area contributed by atoms with Crippen molar-refractivity contribution in [2.45, 2.75) is 68.3 Å². The highest BCUT2D eigenvalue weighted by atomic mass is 32.2. The Bertz CT molecular complexity index is 1580. The molecule has 8 nitrogen and oxygen atoms in total. The molecule has 0 aliphatic carbocycles. The molecule has 0 unspecified atom stereocenters. The number of fused-ring (bicyclic) bond motifs is 1. The minimum Gasteiger partial charge on any atom is -0.497 e. The lowest BCUT2D eigenvalue weighted by Gasteiger charge is -2.26. The maximum atomic E-state index is 13.7. The van der Waals surface area contributed by atoms with Crippen molar-refractivity contribution in [1.29, 1.82) is 0 Å². The Kier molecular flexibility index (Phi) is 8.77. The van der Waals surface area contributed by atoms with Gasteiger partial charge in [0.1, 0.15) is 11.6 Å². The van der Waals surface area contributed by atoms with Gasteiger partial charge in [-0.05, 0) is 66.8 Å². The molecule has 41 heavy (non-hydrogen) atoms. The quantitative estimate of drug-likeness (QED) is 0.255. The fraction of sp³-hybridized carbons (Fsp3) is 0.438. The molecule has 0 atom stereocenters. The molecule has 0 spiro atoms.